The Morgan fingerprint density at radius 1 is 1.05 bits per heavy atom. The summed E-state index contributed by atoms with van der Waals surface area (Å²) in [7, 11) is 1.32. The molecule has 2 aromatic rings. The number of esters is 1. The highest BCUT2D eigenvalue weighted by molar-refractivity contribution is 5.90. The quantitative estimate of drug-likeness (QED) is 0.853. The number of halogens is 1. The minimum Gasteiger partial charge on any atom is -0.465 e. The molecule has 0 heterocycles. The van der Waals surface area contributed by atoms with Crippen LogP contribution in [0.2, 0.25) is 0 Å². The van der Waals surface area contributed by atoms with Gasteiger partial charge in [-0.1, -0.05) is 12.1 Å². The largest absolute Gasteiger partial charge is 0.465 e. The van der Waals surface area contributed by atoms with Crippen molar-refractivity contribution in [3.8, 4) is 0 Å². The second-order valence-electron chi connectivity index (χ2n) is 4.50. The third-order valence-corrected chi connectivity index (χ3v) is 2.93. The number of carbonyl (C=O) groups is 2. The van der Waals surface area contributed by atoms with Gasteiger partial charge in [0.15, 0.2) is 0 Å². The van der Waals surface area contributed by atoms with Crippen molar-refractivity contribution < 1.29 is 18.7 Å². The maximum absolute atomic E-state index is 12.7. The van der Waals surface area contributed by atoms with Crippen molar-refractivity contribution in [1.29, 1.82) is 0 Å². The minimum atomic E-state index is -0.409. The van der Waals surface area contributed by atoms with Crippen LogP contribution in [0, 0.1) is 5.82 Å². The molecule has 2 amide bonds. The molecule has 5 nitrogen and oxygen atoms in total. The molecule has 2 rings (SSSR count). The van der Waals surface area contributed by atoms with Gasteiger partial charge in [0.2, 0.25) is 0 Å². The highest BCUT2D eigenvalue weighted by atomic mass is 19.1. The van der Waals surface area contributed by atoms with Crippen LogP contribution < -0.4 is 10.6 Å². The summed E-state index contributed by atoms with van der Waals surface area (Å²) < 4.78 is 17.4. The lowest BCUT2D eigenvalue weighted by atomic mass is 10.1. The summed E-state index contributed by atoms with van der Waals surface area (Å²) in [4.78, 5) is 23.0. The summed E-state index contributed by atoms with van der Waals surface area (Å²) in [6.07, 6.45) is 0. The highest BCUT2D eigenvalue weighted by Crippen LogP contribution is 2.08. The Labute approximate surface area is 127 Å². The Morgan fingerprint density at radius 3 is 2.27 bits per heavy atom. The first kappa shape index (κ1) is 15.5. The van der Waals surface area contributed by atoms with E-state index in [9.17, 15) is 14.0 Å². The molecule has 0 atom stereocenters. The third kappa shape index (κ3) is 4.31. The summed E-state index contributed by atoms with van der Waals surface area (Å²) in [6, 6.07) is 11.8. The van der Waals surface area contributed by atoms with Crippen molar-refractivity contribution in [2.24, 2.45) is 0 Å². The van der Waals surface area contributed by atoms with Crippen LogP contribution in [-0.4, -0.2) is 19.1 Å². The molecular formula is C16H15FN2O3. The normalized spacial score (nSPS) is 9.91. The van der Waals surface area contributed by atoms with Gasteiger partial charge in [-0.05, 0) is 42.0 Å². The topological polar surface area (TPSA) is 67.4 Å². The fourth-order valence-corrected chi connectivity index (χ4v) is 1.77. The van der Waals surface area contributed by atoms with Crippen molar-refractivity contribution in [3.63, 3.8) is 0 Å². The average Bonchev–Trinajstić information content (AvgIpc) is 2.55. The van der Waals surface area contributed by atoms with Gasteiger partial charge in [-0.25, -0.2) is 14.0 Å². The number of methoxy groups -OCH3 is 1. The zero-order chi connectivity index (χ0) is 15.9. The first-order chi connectivity index (χ1) is 10.6. The van der Waals surface area contributed by atoms with Crippen molar-refractivity contribution in [1.82, 2.24) is 5.32 Å². The van der Waals surface area contributed by atoms with Crippen LogP contribution in [-0.2, 0) is 11.3 Å². The van der Waals surface area contributed by atoms with E-state index in [4.69, 9.17) is 0 Å². The van der Waals surface area contributed by atoms with Crippen molar-refractivity contribution >= 4 is 17.7 Å². The van der Waals surface area contributed by atoms with Crippen LogP contribution in [0.1, 0.15) is 15.9 Å². The molecular weight excluding hydrogens is 287 g/mol. The Kier molecular flexibility index (Phi) is 5.08. The Morgan fingerprint density at radius 2 is 1.68 bits per heavy atom. The van der Waals surface area contributed by atoms with Crippen molar-refractivity contribution in [2.75, 3.05) is 12.4 Å². The number of hydrogen-bond donors (Lipinski definition) is 2. The monoisotopic (exact) mass is 302 g/mol. The van der Waals surface area contributed by atoms with Gasteiger partial charge in [0.1, 0.15) is 5.82 Å². The second kappa shape index (κ2) is 7.21. The Balaban J connectivity index is 1.85. The molecule has 0 saturated heterocycles. The summed E-state index contributed by atoms with van der Waals surface area (Å²) >= 11 is 0. The molecule has 0 saturated carbocycles. The van der Waals surface area contributed by atoms with Crippen LogP contribution in [0.25, 0.3) is 0 Å². The minimum absolute atomic E-state index is 0.300. The van der Waals surface area contributed by atoms with E-state index in [2.05, 4.69) is 15.4 Å². The van der Waals surface area contributed by atoms with E-state index in [0.29, 0.717) is 17.8 Å². The Bertz CT molecular complexity index is 654. The summed E-state index contributed by atoms with van der Waals surface area (Å²) in [5.41, 5.74) is 1.78. The number of nitrogens with one attached hydrogen (secondary N) is 2. The van der Waals surface area contributed by atoms with Gasteiger partial charge >= 0.3 is 12.0 Å². The van der Waals surface area contributed by atoms with E-state index in [1.807, 2.05) is 0 Å². The fourth-order valence-electron chi connectivity index (χ4n) is 1.77. The molecule has 0 fully saturated rings. The molecule has 22 heavy (non-hydrogen) atoms. The van der Waals surface area contributed by atoms with Crippen LogP contribution >= 0.6 is 0 Å². The molecule has 114 valence electrons. The van der Waals surface area contributed by atoms with Gasteiger partial charge in [0, 0.05) is 12.2 Å². The summed E-state index contributed by atoms with van der Waals surface area (Å²) in [5, 5.41) is 5.25. The smallest absolute Gasteiger partial charge is 0.337 e. The van der Waals surface area contributed by atoms with Crippen molar-refractivity contribution in [3.05, 3.63) is 65.5 Å². The zero-order valence-electron chi connectivity index (χ0n) is 11.9. The van der Waals surface area contributed by atoms with E-state index >= 15 is 0 Å². The van der Waals surface area contributed by atoms with E-state index in [0.717, 1.165) is 5.56 Å². The number of benzene rings is 2. The summed E-state index contributed by atoms with van der Waals surface area (Å²) in [6.45, 7) is 0.300. The maximum atomic E-state index is 12.7. The zero-order valence-corrected chi connectivity index (χ0v) is 11.9. The molecule has 0 aliphatic carbocycles. The number of urea groups is 1. The molecule has 6 heteroatoms. The van der Waals surface area contributed by atoms with Crippen LogP contribution in [0.4, 0.5) is 14.9 Å². The van der Waals surface area contributed by atoms with Gasteiger partial charge in [-0.3, -0.25) is 0 Å². The van der Waals surface area contributed by atoms with Crippen LogP contribution in [0.15, 0.2) is 48.5 Å². The number of amides is 2. The molecule has 0 spiro atoms. The van der Waals surface area contributed by atoms with E-state index < -0.39 is 12.0 Å². The number of ether oxygens (including phenoxy) is 1. The third-order valence-electron chi connectivity index (χ3n) is 2.93. The molecule has 2 N–H and O–H groups in total. The molecule has 0 unspecified atom stereocenters. The lowest BCUT2D eigenvalue weighted by Crippen LogP contribution is -2.28. The van der Waals surface area contributed by atoms with Crippen molar-refractivity contribution in [2.45, 2.75) is 6.54 Å². The molecule has 0 radical (unpaired) electrons. The van der Waals surface area contributed by atoms with Gasteiger partial charge < -0.3 is 15.4 Å². The predicted octanol–water partition coefficient (Wildman–Crippen LogP) is 2.93. The highest BCUT2D eigenvalue weighted by Gasteiger charge is 2.05. The Hall–Kier alpha value is -2.89. The van der Waals surface area contributed by atoms with E-state index in [1.54, 1.807) is 24.3 Å². The van der Waals surface area contributed by atoms with E-state index in [1.165, 1.54) is 31.4 Å². The SMILES string of the molecule is COC(=O)c1ccc(CNC(=O)Nc2ccc(F)cc2)cc1. The fraction of sp³-hybridized carbons (Fsp3) is 0.125. The number of hydrogen-bond acceptors (Lipinski definition) is 3. The van der Waals surface area contributed by atoms with Gasteiger partial charge in [0.25, 0.3) is 0 Å². The van der Waals surface area contributed by atoms with Crippen LogP contribution in [0.5, 0.6) is 0 Å². The molecule has 0 bridgehead atoms. The first-order valence-electron chi connectivity index (χ1n) is 6.56. The molecule has 0 aromatic heterocycles. The van der Waals surface area contributed by atoms with E-state index in [-0.39, 0.29) is 5.82 Å². The molecule has 0 aliphatic rings. The first-order valence-corrected chi connectivity index (χ1v) is 6.56. The second-order valence-corrected chi connectivity index (χ2v) is 4.50. The van der Waals surface area contributed by atoms with Gasteiger partial charge in [-0.15, -0.1) is 0 Å². The lowest BCUT2D eigenvalue weighted by molar-refractivity contribution is 0.0600. The lowest BCUT2D eigenvalue weighted by Gasteiger charge is -2.08. The number of rotatable bonds is 4. The summed E-state index contributed by atoms with van der Waals surface area (Å²) in [5.74, 6) is -0.773. The maximum Gasteiger partial charge on any atom is 0.337 e. The molecule has 2 aromatic carbocycles. The molecule has 0 aliphatic heterocycles. The van der Waals surface area contributed by atoms with Gasteiger partial charge in [-0.2, -0.15) is 0 Å². The van der Waals surface area contributed by atoms with Crippen LogP contribution in [0.3, 0.4) is 0 Å². The number of carbonyl (C=O) groups excluding carboxylic acids is 2. The number of anilines is 1. The van der Waals surface area contributed by atoms with Gasteiger partial charge in [0.05, 0.1) is 12.7 Å². The predicted molar refractivity (Wildman–Crippen MR) is 80.0 cm³/mol. The standard InChI is InChI=1S/C16H15FN2O3/c1-22-15(20)12-4-2-11(3-5-12)10-18-16(21)19-14-8-6-13(17)7-9-14/h2-9H,10H2,1H3,(H2,18,19,21). The average molecular weight is 302 g/mol.